The molecule has 0 spiro atoms. The minimum absolute atomic E-state index is 0.380. The van der Waals surface area contributed by atoms with Gasteiger partial charge in [-0.2, -0.15) is 0 Å². The van der Waals surface area contributed by atoms with Crippen LogP contribution in [0.25, 0.3) is 0 Å². The van der Waals surface area contributed by atoms with Crippen molar-refractivity contribution in [2.75, 3.05) is 26.8 Å². The summed E-state index contributed by atoms with van der Waals surface area (Å²) < 4.78 is 5.55. The molecule has 1 aromatic rings. The van der Waals surface area contributed by atoms with Crippen molar-refractivity contribution in [3.8, 4) is 0 Å². The number of hydrogen-bond acceptors (Lipinski definition) is 4. The van der Waals surface area contributed by atoms with Gasteiger partial charge in [-0.25, -0.2) is 9.97 Å². The lowest BCUT2D eigenvalue weighted by atomic mass is 9.97. The van der Waals surface area contributed by atoms with E-state index in [2.05, 4.69) is 26.1 Å². The highest BCUT2D eigenvalue weighted by Gasteiger charge is 2.21. The molecular formula is C16H27N3O. The molecule has 4 nitrogen and oxygen atoms in total. The van der Waals surface area contributed by atoms with Gasteiger partial charge < -0.3 is 10.1 Å². The molecule has 2 unspecified atom stereocenters. The average Bonchev–Trinajstić information content (AvgIpc) is 2.44. The van der Waals surface area contributed by atoms with E-state index in [-0.39, 0.29) is 0 Å². The summed E-state index contributed by atoms with van der Waals surface area (Å²) in [6, 6.07) is 0. The molecule has 0 aliphatic carbocycles. The maximum atomic E-state index is 5.55. The van der Waals surface area contributed by atoms with Crippen molar-refractivity contribution >= 4 is 0 Å². The van der Waals surface area contributed by atoms with Crippen molar-refractivity contribution in [1.82, 2.24) is 15.3 Å². The number of ether oxygens (including phenoxy) is 1. The number of aromatic nitrogens is 2. The van der Waals surface area contributed by atoms with Gasteiger partial charge in [-0.1, -0.05) is 6.92 Å². The predicted molar refractivity (Wildman–Crippen MR) is 81.1 cm³/mol. The number of aryl methyl sites for hydroxylation is 2. The van der Waals surface area contributed by atoms with Crippen molar-refractivity contribution in [1.29, 1.82) is 0 Å². The zero-order valence-electron chi connectivity index (χ0n) is 13.2. The van der Waals surface area contributed by atoms with Gasteiger partial charge in [0.25, 0.3) is 0 Å². The lowest BCUT2D eigenvalue weighted by molar-refractivity contribution is 0.0779. The Balaban J connectivity index is 2.15. The van der Waals surface area contributed by atoms with Crippen molar-refractivity contribution in [2.24, 2.45) is 5.92 Å². The summed E-state index contributed by atoms with van der Waals surface area (Å²) >= 11 is 0. The Morgan fingerprint density at radius 3 is 2.55 bits per heavy atom. The van der Waals surface area contributed by atoms with E-state index in [4.69, 9.17) is 14.7 Å². The molecule has 1 saturated heterocycles. The first kappa shape index (κ1) is 15.4. The number of hydrogen-bond donors (Lipinski definition) is 1. The third-order valence-corrected chi connectivity index (χ3v) is 4.07. The van der Waals surface area contributed by atoms with E-state index in [9.17, 15) is 0 Å². The standard InChI is InChI=1S/C16H27N3O/c1-11(9-17-4)8-15-12(2)18-16(19-13(15)3)14-6-5-7-20-10-14/h11,14,17H,5-10H2,1-4H3. The summed E-state index contributed by atoms with van der Waals surface area (Å²) in [7, 11) is 2.00. The number of nitrogens with one attached hydrogen (secondary N) is 1. The molecule has 112 valence electrons. The minimum Gasteiger partial charge on any atom is -0.381 e. The molecule has 1 aromatic heterocycles. The summed E-state index contributed by atoms with van der Waals surface area (Å²) in [5, 5.41) is 3.23. The Bertz CT molecular complexity index is 418. The topological polar surface area (TPSA) is 47.0 Å². The largest absolute Gasteiger partial charge is 0.381 e. The highest BCUT2D eigenvalue weighted by Crippen LogP contribution is 2.25. The van der Waals surface area contributed by atoms with Crippen LogP contribution in [0.5, 0.6) is 0 Å². The van der Waals surface area contributed by atoms with Gasteiger partial charge >= 0.3 is 0 Å². The Morgan fingerprint density at radius 2 is 2.00 bits per heavy atom. The van der Waals surface area contributed by atoms with Gasteiger partial charge in [0, 0.05) is 23.9 Å². The van der Waals surface area contributed by atoms with E-state index in [0.717, 1.165) is 56.2 Å². The Hall–Kier alpha value is -1.00. The van der Waals surface area contributed by atoms with Gasteiger partial charge in [0.2, 0.25) is 0 Å². The predicted octanol–water partition coefficient (Wildman–Crippen LogP) is 2.39. The Morgan fingerprint density at radius 1 is 1.30 bits per heavy atom. The van der Waals surface area contributed by atoms with Crippen molar-refractivity contribution in [3.05, 3.63) is 22.8 Å². The second-order valence-corrected chi connectivity index (χ2v) is 6.01. The lowest BCUT2D eigenvalue weighted by Gasteiger charge is -2.22. The van der Waals surface area contributed by atoms with E-state index in [1.165, 1.54) is 5.56 Å². The zero-order valence-corrected chi connectivity index (χ0v) is 13.2. The van der Waals surface area contributed by atoms with Crippen LogP contribution >= 0.6 is 0 Å². The van der Waals surface area contributed by atoms with Gasteiger partial charge in [0.05, 0.1) is 6.61 Å². The van der Waals surface area contributed by atoms with Crippen LogP contribution in [-0.2, 0) is 11.2 Å². The first-order valence-electron chi connectivity index (χ1n) is 7.68. The van der Waals surface area contributed by atoms with Crippen LogP contribution in [0.15, 0.2) is 0 Å². The third kappa shape index (κ3) is 3.76. The molecule has 20 heavy (non-hydrogen) atoms. The van der Waals surface area contributed by atoms with Gasteiger partial charge in [-0.3, -0.25) is 0 Å². The Kier molecular flexibility index (Phi) is 5.49. The summed E-state index contributed by atoms with van der Waals surface area (Å²) in [5.41, 5.74) is 3.59. The van der Waals surface area contributed by atoms with Crippen LogP contribution in [0.2, 0.25) is 0 Å². The SMILES string of the molecule is CNCC(C)Cc1c(C)nc(C2CCCOC2)nc1C. The molecule has 1 aliphatic rings. The molecule has 0 saturated carbocycles. The fraction of sp³-hybridized carbons (Fsp3) is 0.750. The van der Waals surface area contributed by atoms with E-state index < -0.39 is 0 Å². The average molecular weight is 277 g/mol. The van der Waals surface area contributed by atoms with Crippen LogP contribution in [0.3, 0.4) is 0 Å². The summed E-state index contributed by atoms with van der Waals surface area (Å²) in [5.74, 6) is 1.96. The van der Waals surface area contributed by atoms with E-state index in [1.807, 2.05) is 7.05 Å². The van der Waals surface area contributed by atoms with Crippen LogP contribution in [0.1, 0.15) is 48.5 Å². The highest BCUT2D eigenvalue weighted by atomic mass is 16.5. The zero-order chi connectivity index (χ0) is 14.5. The molecule has 2 atom stereocenters. The second kappa shape index (κ2) is 7.14. The molecule has 1 fully saturated rings. The molecule has 1 N–H and O–H groups in total. The Labute approximate surface area is 122 Å². The summed E-state index contributed by atoms with van der Waals surface area (Å²) in [6.45, 7) is 9.17. The monoisotopic (exact) mass is 277 g/mol. The first-order valence-corrected chi connectivity index (χ1v) is 7.68. The summed E-state index contributed by atoms with van der Waals surface area (Å²) in [4.78, 5) is 9.52. The fourth-order valence-electron chi connectivity index (χ4n) is 2.96. The van der Waals surface area contributed by atoms with Crippen molar-refractivity contribution < 1.29 is 4.74 Å². The van der Waals surface area contributed by atoms with Gasteiger partial charge in [-0.05, 0) is 58.2 Å². The maximum Gasteiger partial charge on any atom is 0.134 e. The first-order chi connectivity index (χ1) is 9.61. The number of rotatable bonds is 5. The molecule has 0 aromatic carbocycles. The quantitative estimate of drug-likeness (QED) is 0.897. The molecule has 0 radical (unpaired) electrons. The number of nitrogens with zero attached hydrogens (tertiary/aromatic N) is 2. The maximum absolute atomic E-state index is 5.55. The molecular weight excluding hydrogens is 250 g/mol. The van der Waals surface area contributed by atoms with Crippen LogP contribution in [0.4, 0.5) is 0 Å². The molecule has 1 aliphatic heterocycles. The normalized spacial score (nSPS) is 20.9. The van der Waals surface area contributed by atoms with Gasteiger partial charge in [0.1, 0.15) is 5.82 Å². The fourth-order valence-corrected chi connectivity index (χ4v) is 2.96. The van der Waals surface area contributed by atoms with Crippen LogP contribution in [-0.4, -0.2) is 36.8 Å². The summed E-state index contributed by atoms with van der Waals surface area (Å²) in [6.07, 6.45) is 3.31. The van der Waals surface area contributed by atoms with Crippen LogP contribution < -0.4 is 5.32 Å². The highest BCUT2D eigenvalue weighted by molar-refractivity contribution is 5.25. The smallest absolute Gasteiger partial charge is 0.134 e. The van der Waals surface area contributed by atoms with E-state index in [0.29, 0.717) is 11.8 Å². The van der Waals surface area contributed by atoms with E-state index >= 15 is 0 Å². The molecule has 2 rings (SSSR count). The van der Waals surface area contributed by atoms with Gasteiger partial charge in [0.15, 0.2) is 0 Å². The van der Waals surface area contributed by atoms with Gasteiger partial charge in [-0.15, -0.1) is 0 Å². The van der Waals surface area contributed by atoms with E-state index in [1.54, 1.807) is 0 Å². The molecule has 0 bridgehead atoms. The van der Waals surface area contributed by atoms with Crippen molar-refractivity contribution in [3.63, 3.8) is 0 Å². The van der Waals surface area contributed by atoms with Crippen LogP contribution in [0, 0.1) is 19.8 Å². The van der Waals surface area contributed by atoms with Crippen molar-refractivity contribution in [2.45, 2.75) is 46.0 Å². The molecule has 2 heterocycles. The second-order valence-electron chi connectivity index (χ2n) is 6.01. The molecule has 0 amide bonds. The molecule has 4 heteroatoms. The lowest BCUT2D eigenvalue weighted by Crippen LogP contribution is -2.21. The minimum atomic E-state index is 0.380. The third-order valence-electron chi connectivity index (χ3n) is 4.07.